The Balaban J connectivity index is 2.11. The largest absolute Gasteiger partial charge is 0.314 e. The second-order valence-corrected chi connectivity index (χ2v) is 5.08. The fourth-order valence-electron chi connectivity index (χ4n) is 1.94. The zero-order chi connectivity index (χ0) is 13.1. The molecule has 0 fully saturated rings. The molecule has 0 spiro atoms. The molecule has 1 atom stereocenters. The number of fused-ring (bicyclic) bond motifs is 1. The summed E-state index contributed by atoms with van der Waals surface area (Å²) in [7, 11) is 0. The molecule has 0 aromatic carbocycles. The first-order chi connectivity index (χ1) is 8.58. The second kappa shape index (κ2) is 5.35. The third-order valence-electron chi connectivity index (χ3n) is 2.92. The smallest absolute Gasteiger partial charge is 0.276 e. The highest BCUT2D eigenvalue weighted by atomic mass is 16.1. The summed E-state index contributed by atoms with van der Waals surface area (Å²) in [6.45, 7) is 8.02. The van der Waals surface area contributed by atoms with Crippen molar-refractivity contribution in [3.63, 3.8) is 0 Å². The first-order valence-corrected chi connectivity index (χ1v) is 6.34. The Morgan fingerprint density at radius 1 is 1.33 bits per heavy atom. The molecule has 18 heavy (non-hydrogen) atoms. The van der Waals surface area contributed by atoms with Gasteiger partial charge in [0, 0.05) is 25.0 Å². The van der Waals surface area contributed by atoms with Crippen molar-refractivity contribution in [1.82, 2.24) is 19.5 Å². The monoisotopic (exact) mass is 248 g/mol. The Kier molecular flexibility index (Phi) is 3.81. The molecular weight excluding hydrogens is 228 g/mol. The number of nitrogens with one attached hydrogen (secondary N) is 1. The van der Waals surface area contributed by atoms with Crippen LogP contribution in [0, 0.1) is 5.92 Å². The van der Waals surface area contributed by atoms with E-state index < -0.39 is 0 Å². The normalized spacial score (nSPS) is 13.3. The van der Waals surface area contributed by atoms with Gasteiger partial charge in [0.15, 0.2) is 0 Å². The summed E-state index contributed by atoms with van der Waals surface area (Å²) in [4.78, 5) is 12.1. The lowest BCUT2D eigenvalue weighted by Crippen LogP contribution is -2.32. The Morgan fingerprint density at radius 3 is 2.83 bits per heavy atom. The van der Waals surface area contributed by atoms with Crippen LogP contribution in [0.25, 0.3) is 5.52 Å². The summed E-state index contributed by atoms with van der Waals surface area (Å²) in [5.41, 5.74) is 0.646. The van der Waals surface area contributed by atoms with Gasteiger partial charge in [-0.25, -0.2) is 4.52 Å². The van der Waals surface area contributed by atoms with Crippen molar-refractivity contribution in [2.45, 2.75) is 33.4 Å². The van der Waals surface area contributed by atoms with Gasteiger partial charge < -0.3 is 9.88 Å². The van der Waals surface area contributed by atoms with Gasteiger partial charge in [0.25, 0.3) is 5.56 Å². The maximum absolute atomic E-state index is 12.1. The van der Waals surface area contributed by atoms with E-state index in [-0.39, 0.29) is 5.56 Å². The minimum Gasteiger partial charge on any atom is -0.314 e. The zero-order valence-corrected chi connectivity index (χ0v) is 11.1. The van der Waals surface area contributed by atoms with E-state index in [0.717, 1.165) is 13.1 Å². The van der Waals surface area contributed by atoms with Gasteiger partial charge in [0.1, 0.15) is 5.52 Å². The number of hydrogen-bond donors (Lipinski definition) is 1. The molecule has 0 radical (unpaired) electrons. The van der Waals surface area contributed by atoms with Crippen molar-refractivity contribution in [1.29, 1.82) is 0 Å². The molecule has 1 unspecified atom stereocenters. The highest BCUT2D eigenvalue weighted by Crippen LogP contribution is 2.00. The molecule has 2 aromatic heterocycles. The van der Waals surface area contributed by atoms with E-state index in [1.165, 1.54) is 0 Å². The van der Waals surface area contributed by atoms with Gasteiger partial charge in [0.05, 0.1) is 6.20 Å². The summed E-state index contributed by atoms with van der Waals surface area (Å²) in [5, 5.41) is 7.43. The second-order valence-electron chi connectivity index (χ2n) is 5.08. The van der Waals surface area contributed by atoms with Crippen LogP contribution < -0.4 is 10.9 Å². The number of nitrogens with zero attached hydrogens (tertiary/aromatic N) is 3. The van der Waals surface area contributed by atoms with Crippen LogP contribution >= 0.6 is 0 Å². The van der Waals surface area contributed by atoms with Gasteiger partial charge in [-0.1, -0.05) is 20.8 Å². The van der Waals surface area contributed by atoms with Crippen LogP contribution in [0.2, 0.25) is 0 Å². The maximum Gasteiger partial charge on any atom is 0.276 e. The van der Waals surface area contributed by atoms with Crippen molar-refractivity contribution in [2.24, 2.45) is 5.92 Å². The maximum atomic E-state index is 12.1. The summed E-state index contributed by atoms with van der Waals surface area (Å²) < 4.78 is 3.36. The van der Waals surface area contributed by atoms with Crippen molar-refractivity contribution in [3.8, 4) is 0 Å². The highest BCUT2D eigenvalue weighted by molar-refractivity contribution is 5.42. The van der Waals surface area contributed by atoms with Crippen molar-refractivity contribution in [3.05, 3.63) is 35.0 Å². The molecule has 5 nitrogen and oxygen atoms in total. The van der Waals surface area contributed by atoms with E-state index in [2.05, 4.69) is 31.2 Å². The van der Waals surface area contributed by atoms with Gasteiger partial charge >= 0.3 is 0 Å². The third-order valence-corrected chi connectivity index (χ3v) is 2.92. The minimum atomic E-state index is 0.0198. The Labute approximate surface area is 106 Å². The molecule has 5 heteroatoms. The van der Waals surface area contributed by atoms with Crippen LogP contribution in [0.5, 0.6) is 0 Å². The predicted octanol–water partition coefficient (Wildman–Crippen LogP) is 1.13. The summed E-state index contributed by atoms with van der Waals surface area (Å²) >= 11 is 0. The molecule has 2 aromatic rings. The fourth-order valence-corrected chi connectivity index (χ4v) is 1.94. The molecule has 2 heterocycles. The van der Waals surface area contributed by atoms with Crippen LogP contribution in [0.1, 0.15) is 20.8 Å². The topological polar surface area (TPSA) is 51.3 Å². The molecule has 0 bridgehead atoms. The van der Waals surface area contributed by atoms with E-state index >= 15 is 0 Å². The summed E-state index contributed by atoms with van der Waals surface area (Å²) in [6.07, 6.45) is 5.26. The van der Waals surface area contributed by atoms with Gasteiger partial charge in [-0.3, -0.25) is 4.79 Å². The first-order valence-electron chi connectivity index (χ1n) is 6.34. The standard InChI is InChI=1S/C13H20N4O/c1-10(2)14-8-11(3)9-16-6-7-17-12(13(16)18)4-5-15-17/h4-7,10-11,14H,8-9H2,1-3H3. The molecule has 0 saturated heterocycles. The van der Waals surface area contributed by atoms with E-state index in [4.69, 9.17) is 0 Å². The Hall–Kier alpha value is -1.62. The molecule has 0 saturated carbocycles. The lowest BCUT2D eigenvalue weighted by Gasteiger charge is -2.16. The first kappa shape index (κ1) is 12.8. The molecule has 98 valence electrons. The van der Waals surface area contributed by atoms with Gasteiger partial charge in [-0.2, -0.15) is 5.10 Å². The average molecular weight is 248 g/mol. The fraction of sp³-hybridized carbons (Fsp3) is 0.538. The lowest BCUT2D eigenvalue weighted by atomic mass is 10.1. The Morgan fingerprint density at radius 2 is 2.11 bits per heavy atom. The van der Waals surface area contributed by atoms with Gasteiger partial charge in [-0.15, -0.1) is 0 Å². The van der Waals surface area contributed by atoms with Crippen molar-refractivity contribution >= 4 is 5.52 Å². The minimum absolute atomic E-state index is 0.0198. The van der Waals surface area contributed by atoms with Gasteiger partial charge in [0.2, 0.25) is 0 Å². The Bertz CT molecular complexity index is 570. The lowest BCUT2D eigenvalue weighted by molar-refractivity contribution is 0.420. The molecule has 1 N–H and O–H groups in total. The number of aromatic nitrogens is 3. The van der Waals surface area contributed by atoms with Crippen LogP contribution in [0.15, 0.2) is 29.5 Å². The van der Waals surface area contributed by atoms with Crippen LogP contribution in [0.3, 0.4) is 0 Å². The zero-order valence-electron chi connectivity index (χ0n) is 11.1. The molecule has 0 aliphatic heterocycles. The molecule has 0 aliphatic carbocycles. The third kappa shape index (κ3) is 2.79. The van der Waals surface area contributed by atoms with E-state index in [9.17, 15) is 4.79 Å². The van der Waals surface area contributed by atoms with E-state index in [0.29, 0.717) is 17.5 Å². The summed E-state index contributed by atoms with van der Waals surface area (Å²) in [6, 6.07) is 2.22. The average Bonchev–Trinajstić information content (AvgIpc) is 2.79. The molecular formula is C13H20N4O. The van der Waals surface area contributed by atoms with Crippen LogP contribution in [-0.4, -0.2) is 26.8 Å². The SMILES string of the molecule is CC(CNC(C)C)Cn1ccn2nccc2c1=O. The molecule has 2 rings (SSSR count). The molecule has 0 amide bonds. The van der Waals surface area contributed by atoms with Crippen molar-refractivity contribution < 1.29 is 0 Å². The van der Waals surface area contributed by atoms with E-state index in [1.807, 2.05) is 6.20 Å². The number of hydrogen-bond acceptors (Lipinski definition) is 3. The van der Waals surface area contributed by atoms with Crippen LogP contribution in [0.4, 0.5) is 0 Å². The number of rotatable bonds is 5. The van der Waals surface area contributed by atoms with E-state index in [1.54, 1.807) is 27.5 Å². The van der Waals surface area contributed by atoms with Crippen LogP contribution in [-0.2, 0) is 6.54 Å². The molecule has 0 aliphatic rings. The van der Waals surface area contributed by atoms with Crippen molar-refractivity contribution in [2.75, 3.05) is 6.54 Å². The predicted molar refractivity (Wildman–Crippen MR) is 71.8 cm³/mol. The quantitative estimate of drug-likeness (QED) is 0.863. The summed E-state index contributed by atoms with van der Waals surface area (Å²) in [5.74, 6) is 0.412. The highest BCUT2D eigenvalue weighted by Gasteiger charge is 2.07. The van der Waals surface area contributed by atoms with Gasteiger partial charge in [-0.05, 0) is 18.5 Å².